The van der Waals surface area contributed by atoms with E-state index in [1.807, 2.05) is 6.92 Å². The Morgan fingerprint density at radius 2 is 2.06 bits per heavy atom. The van der Waals surface area contributed by atoms with E-state index >= 15 is 0 Å². The number of hydrogen-bond acceptors (Lipinski definition) is 2. The zero-order valence-corrected chi connectivity index (χ0v) is 8.95. The first-order valence-electron chi connectivity index (χ1n) is 5.38. The van der Waals surface area contributed by atoms with Crippen LogP contribution < -0.4 is 0 Å². The molecule has 0 heterocycles. The van der Waals surface area contributed by atoms with E-state index in [1.54, 1.807) is 0 Å². The maximum absolute atomic E-state index is 13.6. The number of aliphatic hydroxyl groups excluding tert-OH is 1. The van der Waals surface area contributed by atoms with Gasteiger partial charge in [0.05, 0.1) is 0 Å². The van der Waals surface area contributed by atoms with E-state index in [0.29, 0.717) is 24.0 Å². The van der Waals surface area contributed by atoms with E-state index in [1.165, 1.54) is 6.07 Å². The van der Waals surface area contributed by atoms with Crippen LogP contribution in [0.2, 0.25) is 0 Å². The summed E-state index contributed by atoms with van der Waals surface area (Å²) in [6.45, 7) is 1.82. The van der Waals surface area contributed by atoms with Gasteiger partial charge in [-0.25, -0.2) is 8.78 Å². The van der Waals surface area contributed by atoms with Gasteiger partial charge >= 0.3 is 0 Å². The average Bonchev–Trinajstić information content (AvgIpc) is 2.96. The Bertz CT molecular complexity index is 404. The molecule has 0 aromatic heterocycles. The second-order valence-electron chi connectivity index (χ2n) is 4.23. The van der Waals surface area contributed by atoms with E-state index < -0.39 is 17.9 Å². The lowest BCUT2D eigenvalue weighted by Gasteiger charge is -2.10. The van der Waals surface area contributed by atoms with Crippen LogP contribution in [-0.2, 0) is 6.42 Å². The van der Waals surface area contributed by atoms with Crippen molar-refractivity contribution in [2.24, 2.45) is 5.92 Å². The predicted molar refractivity (Wildman–Crippen MR) is 54.8 cm³/mol. The van der Waals surface area contributed by atoms with Crippen molar-refractivity contribution in [3.05, 3.63) is 34.9 Å². The van der Waals surface area contributed by atoms with Crippen molar-refractivity contribution >= 4 is 0 Å². The summed E-state index contributed by atoms with van der Waals surface area (Å²) in [6, 6.07) is 2.17. The van der Waals surface area contributed by atoms with Crippen molar-refractivity contribution in [3.63, 3.8) is 0 Å². The van der Waals surface area contributed by atoms with Gasteiger partial charge in [0.15, 0.2) is 6.29 Å². The molecule has 1 aromatic rings. The maximum atomic E-state index is 13.6. The molecule has 1 aliphatic carbocycles. The molecule has 4 heteroatoms. The molecule has 88 valence electrons. The molecule has 0 aliphatic heterocycles. The van der Waals surface area contributed by atoms with Crippen molar-refractivity contribution in [2.75, 3.05) is 0 Å². The molecule has 2 rings (SSSR count). The van der Waals surface area contributed by atoms with Crippen molar-refractivity contribution in [2.45, 2.75) is 32.0 Å². The molecule has 1 aromatic carbocycles. The van der Waals surface area contributed by atoms with Gasteiger partial charge in [-0.1, -0.05) is 6.92 Å². The zero-order valence-electron chi connectivity index (χ0n) is 8.95. The third-order valence-corrected chi connectivity index (χ3v) is 3.15. The molecule has 1 fully saturated rings. The summed E-state index contributed by atoms with van der Waals surface area (Å²) in [6.07, 6.45) is -0.332. The molecule has 2 unspecified atom stereocenters. The summed E-state index contributed by atoms with van der Waals surface area (Å²) >= 11 is 0. The van der Waals surface area contributed by atoms with Gasteiger partial charge in [-0.05, 0) is 36.0 Å². The predicted octanol–water partition coefficient (Wildman–Crippen LogP) is 1.94. The number of halogens is 2. The van der Waals surface area contributed by atoms with Crippen LogP contribution in [0.25, 0.3) is 0 Å². The highest BCUT2D eigenvalue weighted by Gasteiger charge is 2.45. The van der Waals surface area contributed by atoms with Crippen LogP contribution in [0.1, 0.15) is 30.4 Å². The minimum absolute atomic E-state index is 0.185. The highest BCUT2D eigenvalue weighted by Crippen LogP contribution is 2.51. The van der Waals surface area contributed by atoms with Gasteiger partial charge in [-0.2, -0.15) is 0 Å². The van der Waals surface area contributed by atoms with Gasteiger partial charge in [0.1, 0.15) is 11.6 Å². The van der Waals surface area contributed by atoms with Crippen molar-refractivity contribution in [1.82, 2.24) is 0 Å². The fourth-order valence-corrected chi connectivity index (χ4v) is 2.22. The minimum Gasteiger partial charge on any atom is -0.368 e. The van der Waals surface area contributed by atoms with E-state index in [2.05, 4.69) is 0 Å². The summed E-state index contributed by atoms with van der Waals surface area (Å²) in [5, 5.41) is 18.0. The topological polar surface area (TPSA) is 40.5 Å². The zero-order chi connectivity index (χ0) is 11.9. The van der Waals surface area contributed by atoms with E-state index in [0.717, 1.165) is 6.07 Å². The van der Waals surface area contributed by atoms with Crippen LogP contribution in [0.4, 0.5) is 8.78 Å². The number of aryl methyl sites for hydroxylation is 1. The second-order valence-corrected chi connectivity index (χ2v) is 4.23. The smallest absolute Gasteiger partial charge is 0.154 e. The fourth-order valence-electron chi connectivity index (χ4n) is 2.22. The Morgan fingerprint density at radius 1 is 1.38 bits per heavy atom. The summed E-state index contributed by atoms with van der Waals surface area (Å²) in [4.78, 5) is 0. The largest absolute Gasteiger partial charge is 0.368 e. The average molecular weight is 228 g/mol. The first-order chi connectivity index (χ1) is 7.54. The van der Waals surface area contributed by atoms with Crippen LogP contribution in [0, 0.1) is 17.6 Å². The molecular weight excluding hydrogens is 214 g/mol. The normalized spacial score (nSPS) is 23.9. The Morgan fingerprint density at radius 3 is 2.56 bits per heavy atom. The Hall–Kier alpha value is -1.00. The monoisotopic (exact) mass is 228 g/mol. The number of benzene rings is 1. The summed E-state index contributed by atoms with van der Waals surface area (Å²) in [5.41, 5.74) is 1.06. The van der Waals surface area contributed by atoms with Crippen molar-refractivity contribution in [1.29, 1.82) is 0 Å². The molecule has 0 saturated heterocycles. The van der Waals surface area contributed by atoms with E-state index in [9.17, 15) is 8.78 Å². The van der Waals surface area contributed by atoms with Crippen LogP contribution in [0.15, 0.2) is 12.1 Å². The molecule has 2 N–H and O–H groups in total. The van der Waals surface area contributed by atoms with Crippen LogP contribution in [0.3, 0.4) is 0 Å². The minimum atomic E-state index is -1.42. The van der Waals surface area contributed by atoms with Crippen LogP contribution >= 0.6 is 0 Å². The highest BCUT2D eigenvalue weighted by molar-refractivity contribution is 5.36. The van der Waals surface area contributed by atoms with Gasteiger partial charge in [-0.3, -0.25) is 0 Å². The molecule has 1 saturated carbocycles. The molecule has 2 atom stereocenters. The van der Waals surface area contributed by atoms with E-state index in [4.69, 9.17) is 10.2 Å². The number of hydrogen-bond donors (Lipinski definition) is 2. The number of aliphatic hydroxyl groups is 2. The Balaban J connectivity index is 2.34. The third kappa shape index (κ3) is 1.95. The highest BCUT2D eigenvalue weighted by atomic mass is 19.1. The van der Waals surface area contributed by atoms with Crippen molar-refractivity contribution in [3.8, 4) is 0 Å². The first kappa shape index (κ1) is 11.5. The quantitative estimate of drug-likeness (QED) is 0.776. The van der Waals surface area contributed by atoms with Gasteiger partial charge in [0, 0.05) is 12.0 Å². The van der Waals surface area contributed by atoms with Crippen LogP contribution in [0.5, 0.6) is 0 Å². The van der Waals surface area contributed by atoms with Gasteiger partial charge in [-0.15, -0.1) is 0 Å². The lowest BCUT2D eigenvalue weighted by molar-refractivity contribution is -0.0578. The molecule has 0 amide bonds. The lowest BCUT2D eigenvalue weighted by atomic mass is 9.99. The van der Waals surface area contributed by atoms with Gasteiger partial charge in [0.2, 0.25) is 0 Å². The summed E-state index contributed by atoms with van der Waals surface area (Å²) in [5.74, 6) is -1.66. The van der Waals surface area contributed by atoms with E-state index in [-0.39, 0.29) is 11.8 Å². The first-order valence-corrected chi connectivity index (χ1v) is 5.38. The maximum Gasteiger partial charge on any atom is 0.154 e. The number of rotatable bonds is 3. The molecule has 16 heavy (non-hydrogen) atoms. The molecule has 0 spiro atoms. The lowest BCUT2D eigenvalue weighted by Crippen LogP contribution is -2.09. The molecular formula is C12H14F2O2. The Labute approximate surface area is 92.5 Å². The third-order valence-electron chi connectivity index (χ3n) is 3.15. The molecule has 0 radical (unpaired) electrons. The molecule has 2 nitrogen and oxygen atoms in total. The fraction of sp³-hybridized carbons (Fsp3) is 0.500. The molecule has 0 bridgehead atoms. The second kappa shape index (κ2) is 4.11. The molecule has 1 aliphatic rings. The summed E-state index contributed by atoms with van der Waals surface area (Å²) in [7, 11) is 0. The SMILES string of the molecule is CCc1cc(F)cc(F)c1C1CC1C(O)O. The van der Waals surface area contributed by atoms with Gasteiger partial charge in [0.25, 0.3) is 0 Å². The summed E-state index contributed by atoms with van der Waals surface area (Å²) < 4.78 is 26.6. The van der Waals surface area contributed by atoms with Crippen LogP contribution in [-0.4, -0.2) is 16.5 Å². The standard InChI is InChI=1S/C12H14F2O2/c1-2-6-3-7(13)4-10(14)11(6)8-5-9(8)12(15)16/h3-4,8-9,12,15-16H,2,5H2,1H3. The Kier molecular flexibility index (Phi) is 2.95. The van der Waals surface area contributed by atoms with Crippen molar-refractivity contribution < 1.29 is 19.0 Å². The van der Waals surface area contributed by atoms with Gasteiger partial charge < -0.3 is 10.2 Å².